The molecule has 1 aliphatic heterocycles. The lowest BCUT2D eigenvalue weighted by atomic mass is 10.2. The lowest BCUT2D eigenvalue weighted by Crippen LogP contribution is -2.35. The molecule has 6 heteroatoms. The minimum Gasteiger partial charge on any atom is -0.341 e. The van der Waals surface area contributed by atoms with Crippen LogP contribution in [0, 0.1) is 6.92 Å². The predicted molar refractivity (Wildman–Crippen MR) is 92.2 cm³/mol. The first-order valence-electron chi connectivity index (χ1n) is 8.36. The van der Waals surface area contributed by atoms with Crippen LogP contribution in [0.25, 0.3) is 16.6 Å². The normalized spacial score (nSPS) is 16.2. The lowest BCUT2D eigenvalue weighted by molar-refractivity contribution is -0.133. The maximum atomic E-state index is 12.9. The number of amides is 1. The number of carbonyl (C=O) groups excluding carboxylic acids is 1. The average molecular weight is 324 g/mol. The van der Waals surface area contributed by atoms with E-state index in [9.17, 15) is 9.59 Å². The molecule has 1 atom stereocenters. The van der Waals surface area contributed by atoms with Crippen LogP contribution in [-0.4, -0.2) is 38.1 Å². The number of likely N-dealkylation sites (tertiary alicyclic amines) is 1. The van der Waals surface area contributed by atoms with Gasteiger partial charge in [0.25, 0.3) is 5.56 Å². The molecule has 0 bridgehead atoms. The van der Waals surface area contributed by atoms with Gasteiger partial charge in [-0.2, -0.15) is 4.98 Å². The highest BCUT2D eigenvalue weighted by Gasteiger charge is 2.27. The summed E-state index contributed by atoms with van der Waals surface area (Å²) in [6, 6.07) is 8.94. The smallest absolute Gasteiger partial charge is 0.273 e. The summed E-state index contributed by atoms with van der Waals surface area (Å²) in [6.07, 6.45) is 2.14. The van der Waals surface area contributed by atoms with Gasteiger partial charge < -0.3 is 4.90 Å². The average Bonchev–Trinajstić information content (AvgIpc) is 3.20. The van der Waals surface area contributed by atoms with Crippen molar-refractivity contribution in [1.82, 2.24) is 19.1 Å². The summed E-state index contributed by atoms with van der Waals surface area (Å²) in [6.45, 7) is 5.45. The molecule has 1 unspecified atom stereocenters. The Labute approximate surface area is 139 Å². The Morgan fingerprint density at radius 3 is 2.67 bits per heavy atom. The Morgan fingerprint density at radius 2 is 1.92 bits per heavy atom. The van der Waals surface area contributed by atoms with Gasteiger partial charge in [-0.05, 0) is 38.8 Å². The first kappa shape index (κ1) is 14.9. The van der Waals surface area contributed by atoms with Crippen molar-refractivity contribution in [3.05, 3.63) is 46.4 Å². The van der Waals surface area contributed by atoms with Crippen LogP contribution >= 0.6 is 0 Å². The fraction of sp³-hybridized carbons (Fsp3) is 0.389. The standard InChI is InChI=1S/C18H20N4O2/c1-12-11-16(23)19-17-14-7-3-4-8-15(14)22(21(12)17)13(2)18(24)20-9-5-6-10-20/h3-4,7-8,11,13H,5-6,9-10H2,1-2H3. The van der Waals surface area contributed by atoms with Crippen LogP contribution in [0.2, 0.25) is 0 Å². The Balaban J connectivity index is 1.99. The number of fused-ring (bicyclic) bond motifs is 3. The van der Waals surface area contributed by atoms with Crippen molar-refractivity contribution < 1.29 is 4.79 Å². The number of benzene rings is 1. The zero-order valence-corrected chi connectivity index (χ0v) is 13.9. The quantitative estimate of drug-likeness (QED) is 0.725. The summed E-state index contributed by atoms with van der Waals surface area (Å²) in [7, 11) is 0. The first-order valence-corrected chi connectivity index (χ1v) is 8.36. The molecule has 1 aliphatic rings. The van der Waals surface area contributed by atoms with E-state index < -0.39 is 0 Å². The zero-order valence-electron chi connectivity index (χ0n) is 13.9. The van der Waals surface area contributed by atoms with Gasteiger partial charge in [-0.3, -0.25) is 14.3 Å². The molecule has 2 aromatic heterocycles. The Bertz CT molecular complexity index is 995. The van der Waals surface area contributed by atoms with E-state index in [1.165, 1.54) is 6.07 Å². The molecule has 1 saturated heterocycles. The second kappa shape index (κ2) is 5.47. The number of hydrogen-bond acceptors (Lipinski definition) is 3. The van der Waals surface area contributed by atoms with Crippen LogP contribution in [0.3, 0.4) is 0 Å². The van der Waals surface area contributed by atoms with Crippen LogP contribution in [0.4, 0.5) is 0 Å². The van der Waals surface area contributed by atoms with Crippen LogP contribution in [-0.2, 0) is 4.79 Å². The van der Waals surface area contributed by atoms with Crippen molar-refractivity contribution in [1.29, 1.82) is 0 Å². The summed E-state index contributed by atoms with van der Waals surface area (Å²) >= 11 is 0. The number of hydrogen-bond donors (Lipinski definition) is 0. The molecule has 0 radical (unpaired) electrons. The molecule has 124 valence electrons. The van der Waals surface area contributed by atoms with Crippen LogP contribution < -0.4 is 5.56 Å². The van der Waals surface area contributed by atoms with E-state index in [0.29, 0.717) is 5.65 Å². The third kappa shape index (κ3) is 2.13. The summed E-state index contributed by atoms with van der Waals surface area (Å²) in [4.78, 5) is 30.9. The van der Waals surface area contributed by atoms with Crippen molar-refractivity contribution in [2.24, 2.45) is 0 Å². The molecule has 0 aliphatic carbocycles. The van der Waals surface area contributed by atoms with E-state index in [1.54, 1.807) is 0 Å². The second-order valence-electron chi connectivity index (χ2n) is 6.44. The molecule has 0 saturated carbocycles. The van der Waals surface area contributed by atoms with E-state index in [0.717, 1.165) is 42.5 Å². The Morgan fingerprint density at radius 1 is 1.21 bits per heavy atom. The number of para-hydroxylation sites is 1. The molecule has 3 heterocycles. The molecule has 1 aromatic carbocycles. The molecule has 1 amide bonds. The van der Waals surface area contributed by atoms with Crippen LogP contribution in [0.15, 0.2) is 35.1 Å². The van der Waals surface area contributed by atoms with E-state index >= 15 is 0 Å². The first-order chi connectivity index (χ1) is 11.6. The summed E-state index contributed by atoms with van der Waals surface area (Å²) in [5, 5.41) is 0.888. The molecular weight excluding hydrogens is 304 g/mol. The molecule has 1 fully saturated rings. The van der Waals surface area contributed by atoms with Gasteiger partial charge in [0.05, 0.1) is 5.52 Å². The molecule has 3 aromatic rings. The number of rotatable bonds is 2. The minimum absolute atomic E-state index is 0.119. The van der Waals surface area contributed by atoms with E-state index in [2.05, 4.69) is 4.98 Å². The predicted octanol–water partition coefficient (Wildman–Crippen LogP) is 2.14. The molecule has 0 N–H and O–H groups in total. The number of aryl methyl sites for hydroxylation is 1. The second-order valence-corrected chi connectivity index (χ2v) is 6.44. The third-order valence-electron chi connectivity index (χ3n) is 4.83. The van der Waals surface area contributed by atoms with Crippen molar-refractivity contribution >= 4 is 22.5 Å². The van der Waals surface area contributed by atoms with Crippen molar-refractivity contribution in [2.75, 3.05) is 13.1 Å². The largest absolute Gasteiger partial charge is 0.341 e. The number of carbonyl (C=O) groups is 1. The van der Waals surface area contributed by atoms with Gasteiger partial charge in [0.2, 0.25) is 5.91 Å². The molecule has 4 rings (SSSR count). The Kier molecular flexibility index (Phi) is 3.40. The fourth-order valence-electron chi connectivity index (χ4n) is 3.70. The van der Waals surface area contributed by atoms with Crippen molar-refractivity contribution in [3.8, 4) is 0 Å². The SMILES string of the molecule is Cc1cc(=O)nc2c3ccccc3n(C(C)C(=O)N3CCCC3)n12. The van der Waals surface area contributed by atoms with Gasteiger partial charge in [0.15, 0.2) is 5.65 Å². The minimum atomic E-state index is -0.353. The van der Waals surface area contributed by atoms with Gasteiger partial charge in [0.1, 0.15) is 6.04 Å². The van der Waals surface area contributed by atoms with Gasteiger partial charge in [0, 0.05) is 30.2 Å². The zero-order chi connectivity index (χ0) is 16.8. The highest BCUT2D eigenvalue weighted by molar-refractivity contribution is 5.94. The fourth-order valence-corrected chi connectivity index (χ4v) is 3.70. The monoisotopic (exact) mass is 324 g/mol. The molecule has 6 nitrogen and oxygen atoms in total. The van der Waals surface area contributed by atoms with Gasteiger partial charge in [-0.25, -0.2) is 4.52 Å². The van der Waals surface area contributed by atoms with E-state index in [4.69, 9.17) is 0 Å². The van der Waals surface area contributed by atoms with Gasteiger partial charge in [-0.1, -0.05) is 12.1 Å². The summed E-state index contributed by atoms with van der Waals surface area (Å²) in [5.74, 6) is 0.119. The maximum Gasteiger partial charge on any atom is 0.273 e. The van der Waals surface area contributed by atoms with Crippen LogP contribution in [0.5, 0.6) is 0 Å². The van der Waals surface area contributed by atoms with Gasteiger partial charge in [-0.15, -0.1) is 0 Å². The molecule has 0 spiro atoms. The third-order valence-corrected chi connectivity index (χ3v) is 4.83. The van der Waals surface area contributed by atoms with Crippen molar-refractivity contribution in [3.63, 3.8) is 0 Å². The lowest BCUT2D eigenvalue weighted by Gasteiger charge is -2.23. The summed E-state index contributed by atoms with van der Waals surface area (Å²) < 4.78 is 3.86. The van der Waals surface area contributed by atoms with E-state index in [1.807, 2.05) is 52.2 Å². The maximum absolute atomic E-state index is 12.9. The van der Waals surface area contributed by atoms with Gasteiger partial charge >= 0.3 is 0 Å². The Hall–Kier alpha value is -2.63. The molecular formula is C18H20N4O2. The number of aromatic nitrogens is 3. The summed E-state index contributed by atoms with van der Waals surface area (Å²) in [5.41, 5.74) is 2.05. The number of nitrogens with zero attached hydrogens (tertiary/aromatic N) is 4. The highest BCUT2D eigenvalue weighted by atomic mass is 16.2. The van der Waals surface area contributed by atoms with Crippen LogP contribution in [0.1, 0.15) is 31.5 Å². The van der Waals surface area contributed by atoms with Crippen molar-refractivity contribution in [2.45, 2.75) is 32.7 Å². The molecule has 24 heavy (non-hydrogen) atoms. The highest BCUT2D eigenvalue weighted by Crippen LogP contribution is 2.26. The van der Waals surface area contributed by atoms with E-state index in [-0.39, 0.29) is 17.5 Å². The topological polar surface area (TPSA) is 59.6 Å².